The number of hydrogen-bond donors (Lipinski definition) is 1. The molecule has 2 aliphatic heterocycles. The normalized spacial score (nSPS) is 21.1. The van der Waals surface area contributed by atoms with E-state index in [1.807, 2.05) is 48.5 Å². The van der Waals surface area contributed by atoms with Gasteiger partial charge in [-0.15, -0.1) is 0 Å². The zero-order valence-corrected chi connectivity index (χ0v) is 18.1. The lowest BCUT2D eigenvalue weighted by atomic mass is 9.84. The highest BCUT2D eigenvalue weighted by atomic mass is 16.6. The number of amides is 1. The molecule has 31 heavy (non-hydrogen) atoms. The topological polar surface area (TPSA) is 71.5 Å². The number of hydrogen-bond acceptors (Lipinski definition) is 6. The maximum Gasteiger partial charge on any atom is 0.414 e. The van der Waals surface area contributed by atoms with E-state index in [2.05, 4.69) is 4.90 Å². The van der Waals surface area contributed by atoms with Gasteiger partial charge in [-0.25, -0.2) is 4.79 Å². The summed E-state index contributed by atoms with van der Waals surface area (Å²) >= 11 is 0. The Hall–Kier alpha value is -2.77. The highest BCUT2D eigenvalue weighted by molar-refractivity contribution is 5.89. The molecule has 166 valence electrons. The van der Waals surface area contributed by atoms with E-state index in [1.54, 1.807) is 19.1 Å². The Bertz CT molecular complexity index is 876. The molecule has 0 aromatic heterocycles. The lowest BCUT2D eigenvalue weighted by Crippen LogP contribution is -2.43. The van der Waals surface area contributed by atoms with E-state index in [0.29, 0.717) is 19.4 Å². The van der Waals surface area contributed by atoms with Gasteiger partial charge in [-0.3, -0.25) is 4.90 Å². The zero-order valence-electron chi connectivity index (χ0n) is 18.1. The number of rotatable bonds is 7. The van der Waals surface area contributed by atoms with Crippen LogP contribution in [0.2, 0.25) is 0 Å². The molecule has 1 amide bonds. The Balaban J connectivity index is 1.26. The summed E-state index contributed by atoms with van der Waals surface area (Å²) in [6.07, 6.45) is 1.71. The molecular formula is C24H30N2O5. The summed E-state index contributed by atoms with van der Waals surface area (Å²) in [6.45, 7) is 3.01. The molecule has 0 radical (unpaired) electrons. The molecule has 2 aliphatic rings. The predicted octanol–water partition coefficient (Wildman–Crippen LogP) is 3.40. The van der Waals surface area contributed by atoms with Crippen molar-refractivity contribution in [3.05, 3.63) is 54.1 Å². The van der Waals surface area contributed by atoms with E-state index in [0.717, 1.165) is 48.8 Å². The largest absolute Gasteiger partial charge is 0.497 e. The lowest BCUT2D eigenvalue weighted by Gasteiger charge is -2.38. The molecule has 7 heteroatoms. The second-order valence-electron chi connectivity index (χ2n) is 8.20. The van der Waals surface area contributed by atoms with Crippen molar-refractivity contribution in [2.75, 3.05) is 45.3 Å². The van der Waals surface area contributed by atoms with Crippen LogP contribution in [0.5, 0.6) is 11.5 Å². The third-order valence-corrected chi connectivity index (χ3v) is 6.34. The minimum Gasteiger partial charge on any atom is -0.497 e. The molecule has 2 heterocycles. The van der Waals surface area contributed by atoms with E-state index in [1.165, 1.54) is 0 Å². The number of methoxy groups -OCH3 is 2. The van der Waals surface area contributed by atoms with Crippen molar-refractivity contribution in [1.29, 1.82) is 0 Å². The quantitative estimate of drug-likeness (QED) is 0.732. The average molecular weight is 427 g/mol. The number of ether oxygens (including phenoxy) is 3. The zero-order chi connectivity index (χ0) is 21.8. The summed E-state index contributed by atoms with van der Waals surface area (Å²) in [5, 5.41) is 11.1. The molecular weight excluding hydrogens is 396 g/mol. The van der Waals surface area contributed by atoms with Gasteiger partial charge in [-0.2, -0.15) is 0 Å². The van der Waals surface area contributed by atoms with Gasteiger partial charge in [0.1, 0.15) is 17.6 Å². The van der Waals surface area contributed by atoms with Gasteiger partial charge in [0.05, 0.1) is 26.4 Å². The minimum atomic E-state index is -0.798. The van der Waals surface area contributed by atoms with Gasteiger partial charge in [0.15, 0.2) is 0 Å². The number of cyclic esters (lactones) is 1. The Morgan fingerprint density at radius 1 is 1.00 bits per heavy atom. The van der Waals surface area contributed by atoms with Gasteiger partial charge in [0.2, 0.25) is 0 Å². The van der Waals surface area contributed by atoms with Crippen LogP contribution in [0.25, 0.3) is 0 Å². The number of carbonyl (C=O) groups is 1. The first-order chi connectivity index (χ1) is 15.0. The molecule has 0 aliphatic carbocycles. The average Bonchev–Trinajstić information content (AvgIpc) is 3.19. The van der Waals surface area contributed by atoms with Crippen LogP contribution in [-0.4, -0.2) is 62.6 Å². The fraction of sp³-hybridized carbons (Fsp3) is 0.458. The van der Waals surface area contributed by atoms with Crippen LogP contribution in [0.15, 0.2) is 48.5 Å². The van der Waals surface area contributed by atoms with E-state index < -0.39 is 5.60 Å². The van der Waals surface area contributed by atoms with Crippen molar-refractivity contribution in [2.24, 2.45) is 0 Å². The molecule has 2 saturated heterocycles. The standard InChI is InChI=1S/C24H30N2O5/c1-29-20-7-3-18(4-8-20)24(28)12-15-25(16-13-24)14-11-22-17-26(23(27)31-22)19-5-9-21(30-2)10-6-19/h3-10,22,28H,11-17H2,1-2H3. The third kappa shape index (κ3) is 4.78. The third-order valence-electron chi connectivity index (χ3n) is 6.34. The number of anilines is 1. The number of nitrogens with zero attached hydrogens (tertiary/aromatic N) is 2. The maximum absolute atomic E-state index is 12.3. The molecule has 0 saturated carbocycles. The second kappa shape index (κ2) is 9.16. The molecule has 2 aromatic rings. The maximum atomic E-state index is 12.3. The van der Waals surface area contributed by atoms with Crippen molar-refractivity contribution in [2.45, 2.75) is 31.0 Å². The van der Waals surface area contributed by atoms with Gasteiger partial charge < -0.3 is 24.2 Å². The van der Waals surface area contributed by atoms with Gasteiger partial charge in [0, 0.05) is 25.3 Å². The number of benzene rings is 2. The Labute approximate surface area is 183 Å². The summed E-state index contributed by atoms with van der Waals surface area (Å²) in [5.41, 5.74) is 0.956. The number of likely N-dealkylation sites (tertiary alicyclic amines) is 1. The fourth-order valence-corrected chi connectivity index (χ4v) is 4.31. The van der Waals surface area contributed by atoms with Crippen LogP contribution in [0.1, 0.15) is 24.8 Å². The van der Waals surface area contributed by atoms with Crippen molar-refractivity contribution >= 4 is 11.8 Å². The molecule has 1 atom stereocenters. The second-order valence-corrected chi connectivity index (χ2v) is 8.20. The molecule has 1 unspecified atom stereocenters. The van der Waals surface area contributed by atoms with Crippen molar-refractivity contribution in [3.63, 3.8) is 0 Å². The van der Waals surface area contributed by atoms with Crippen molar-refractivity contribution in [1.82, 2.24) is 4.90 Å². The predicted molar refractivity (Wildman–Crippen MR) is 118 cm³/mol. The smallest absolute Gasteiger partial charge is 0.414 e. The summed E-state index contributed by atoms with van der Waals surface area (Å²) in [5.74, 6) is 1.55. The Morgan fingerprint density at radius 2 is 1.58 bits per heavy atom. The van der Waals surface area contributed by atoms with Gasteiger partial charge in [0.25, 0.3) is 0 Å². The molecule has 0 spiro atoms. The van der Waals surface area contributed by atoms with Crippen LogP contribution >= 0.6 is 0 Å². The highest BCUT2D eigenvalue weighted by Crippen LogP contribution is 2.34. The summed E-state index contributed by atoms with van der Waals surface area (Å²) in [6, 6.07) is 15.1. The molecule has 4 rings (SSSR count). The first-order valence-corrected chi connectivity index (χ1v) is 10.7. The fourth-order valence-electron chi connectivity index (χ4n) is 4.31. The van der Waals surface area contributed by atoms with Gasteiger partial charge in [-0.05, 0) is 61.2 Å². The SMILES string of the molecule is COc1ccc(N2CC(CCN3CCC(O)(c4ccc(OC)cc4)CC3)OC2=O)cc1. The van der Waals surface area contributed by atoms with Crippen LogP contribution in [0.3, 0.4) is 0 Å². The molecule has 0 bridgehead atoms. The van der Waals surface area contributed by atoms with Crippen molar-refractivity contribution in [3.8, 4) is 11.5 Å². The molecule has 2 aromatic carbocycles. The van der Waals surface area contributed by atoms with Crippen LogP contribution in [-0.2, 0) is 10.3 Å². The number of aliphatic hydroxyl groups is 1. The number of carbonyl (C=O) groups excluding carboxylic acids is 1. The van der Waals surface area contributed by atoms with E-state index >= 15 is 0 Å². The van der Waals surface area contributed by atoms with E-state index in [4.69, 9.17) is 14.2 Å². The monoisotopic (exact) mass is 426 g/mol. The first-order valence-electron chi connectivity index (χ1n) is 10.7. The Morgan fingerprint density at radius 3 is 2.16 bits per heavy atom. The first kappa shape index (κ1) is 21.5. The molecule has 7 nitrogen and oxygen atoms in total. The Kier molecular flexibility index (Phi) is 6.34. The lowest BCUT2D eigenvalue weighted by molar-refractivity contribution is -0.0275. The number of piperidine rings is 1. The van der Waals surface area contributed by atoms with E-state index in [-0.39, 0.29) is 12.2 Å². The minimum absolute atomic E-state index is 0.128. The van der Waals surface area contributed by atoms with Crippen molar-refractivity contribution < 1.29 is 24.1 Å². The summed E-state index contributed by atoms with van der Waals surface area (Å²) < 4.78 is 16.0. The summed E-state index contributed by atoms with van der Waals surface area (Å²) in [7, 11) is 3.26. The highest BCUT2D eigenvalue weighted by Gasteiger charge is 2.36. The molecule has 1 N–H and O–H groups in total. The van der Waals surface area contributed by atoms with Crippen LogP contribution in [0.4, 0.5) is 10.5 Å². The summed E-state index contributed by atoms with van der Waals surface area (Å²) in [4.78, 5) is 16.3. The van der Waals surface area contributed by atoms with Crippen LogP contribution < -0.4 is 14.4 Å². The van der Waals surface area contributed by atoms with E-state index in [9.17, 15) is 9.90 Å². The van der Waals surface area contributed by atoms with Gasteiger partial charge >= 0.3 is 6.09 Å². The molecule has 2 fully saturated rings. The van der Waals surface area contributed by atoms with Crippen LogP contribution in [0, 0.1) is 0 Å². The van der Waals surface area contributed by atoms with Gasteiger partial charge in [-0.1, -0.05) is 12.1 Å².